The highest BCUT2D eigenvalue weighted by molar-refractivity contribution is 5.85. The summed E-state index contributed by atoms with van der Waals surface area (Å²) < 4.78 is 5.25. The first-order valence-electron chi connectivity index (χ1n) is 6.26. The fraction of sp³-hybridized carbons (Fsp3) is 0.357. The summed E-state index contributed by atoms with van der Waals surface area (Å²) >= 11 is 0. The van der Waals surface area contributed by atoms with Crippen molar-refractivity contribution in [2.24, 2.45) is 0 Å². The zero-order chi connectivity index (χ0) is 12.4. The van der Waals surface area contributed by atoms with Crippen LogP contribution >= 0.6 is 0 Å². The van der Waals surface area contributed by atoms with E-state index in [1.807, 2.05) is 30.3 Å². The lowest BCUT2D eigenvalue weighted by atomic mass is 9.88. The van der Waals surface area contributed by atoms with Crippen LogP contribution in [0.25, 0.3) is 11.4 Å². The van der Waals surface area contributed by atoms with Crippen molar-refractivity contribution in [2.75, 3.05) is 0 Å². The summed E-state index contributed by atoms with van der Waals surface area (Å²) in [6.45, 7) is 0. The standard InChI is InChI=1S/C14H14N2O2/c17-12-9-5-4-8-11(12)14-15-13(16-18-14)10-6-2-1-3-7-10/h1-3,6-7,11H,4-5,8-9H2. The molecule has 1 aliphatic rings. The highest BCUT2D eigenvalue weighted by atomic mass is 16.5. The number of hydrogen-bond donors (Lipinski definition) is 0. The van der Waals surface area contributed by atoms with Gasteiger partial charge >= 0.3 is 0 Å². The molecular weight excluding hydrogens is 228 g/mol. The number of carbonyl (C=O) groups excluding carboxylic acids is 1. The van der Waals surface area contributed by atoms with Crippen LogP contribution in [0.2, 0.25) is 0 Å². The second-order valence-corrected chi connectivity index (χ2v) is 4.59. The van der Waals surface area contributed by atoms with Gasteiger partial charge in [-0.15, -0.1) is 0 Å². The fourth-order valence-corrected chi connectivity index (χ4v) is 2.33. The van der Waals surface area contributed by atoms with Crippen molar-refractivity contribution in [2.45, 2.75) is 31.6 Å². The normalized spacial score (nSPS) is 20.0. The van der Waals surface area contributed by atoms with Crippen molar-refractivity contribution >= 4 is 5.78 Å². The van der Waals surface area contributed by atoms with E-state index in [9.17, 15) is 4.79 Å². The maximum absolute atomic E-state index is 11.8. The quantitative estimate of drug-likeness (QED) is 0.812. The molecule has 1 heterocycles. The summed E-state index contributed by atoms with van der Waals surface area (Å²) in [7, 11) is 0. The smallest absolute Gasteiger partial charge is 0.237 e. The van der Waals surface area contributed by atoms with Gasteiger partial charge in [-0.25, -0.2) is 0 Å². The number of nitrogens with zero attached hydrogens (tertiary/aromatic N) is 2. The number of carbonyl (C=O) groups is 1. The van der Waals surface area contributed by atoms with E-state index in [-0.39, 0.29) is 11.7 Å². The topological polar surface area (TPSA) is 56.0 Å². The van der Waals surface area contributed by atoms with Gasteiger partial charge < -0.3 is 4.52 Å². The molecule has 1 atom stereocenters. The van der Waals surface area contributed by atoms with Crippen LogP contribution in [0.5, 0.6) is 0 Å². The summed E-state index contributed by atoms with van der Waals surface area (Å²) in [5.41, 5.74) is 0.913. The highest BCUT2D eigenvalue weighted by Crippen LogP contribution is 2.29. The van der Waals surface area contributed by atoms with E-state index in [4.69, 9.17) is 4.52 Å². The zero-order valence-electron chi connectivity index (χ0n) is 10.0. The number of aromatic nitrogens is 2. The Morgan fingerprint density at radius 3 is 2.78 bits per heavy atom. The molecule has 4 nitrogen and oxygen atoms in total. The van der Waals surface area contributed by atoms with Crippen LogP contribution in [0, 0.1) is 0 Å². The Kier molecular flexibility index (Phi) is 2.92. The van der Waals surface area contributed by atoms with Gasteiger partial charge in [0.15, 0.2) is 0 Å². The number of hydrogen-bond acceptors (Lipinski definition) is 4. The molecule has 1 saturated carbocycles. The Balaban J connectivity index is 1.87. The lowest BCUT2D eigenvalue weighted by molar-refractivity contribution is -0.122. The monoisotopic (exact) mass is 242 g/mol. The van der Waals surface area contributed by atoms with E-state index in [2.05, 4.69) is 10.1 Å². The lowest BCUT2D eigenvalue weighted by Gasteiger charge is -2.16. The number of rotatable bonds is 2. The van der Waals surface area contributed by atoms with Crippen LogP contribution < -0.4 is 0 Å². The highest BCUT2D eigenvalue weighted by Gasteiger charge is 2.28. The van der Waals surface area contributed by atoms with E-state index in [1.54, 1.807) is 0 Å². The van der Waals surface area contributed by atoms with E-state index < -0.39 is 0 Å². The minimum atomic E-state index is -0.191. The minimum Gasteiger partial charge on any atom is -0.338 e. The first kappa shape index (κ1) is 11.1. The third-order valence-electron chi connectivity index (χ3n) is 3.33. The van der Waals surface area contributed by atoms with Gasteiger partial charge in [0, 0.05) is 12.0 Å². The van der Waals surface area contributed by atoms with Crippen LogP contribution in [0.1, 0.15) is 37.5 Å². The van der Waals surface area contributed by atoms with Crippen molar-refractivity contribution < 1.29 is 9.32 Å². The second-order valence-electron chi connectivity index (χ2n) is 4.59. The van der Waals surface area contributed by atoms with Crippen LogP contribution in [0.3, 0.4) is 0 Å². The SMILES string of the molecule is O=C1CCCCC1c1nc(-c2ccccc2)no1. The molecule has 0 N–H and O–H groups in total. The molecule has 1 aliphatic carbocycles. The predicted molar refractivity (Wildman–Crippen MR) is 66.0 cm³/mol. The molecule has 0 bridgehead atoms. The summed E-state index contributed by atoms with van der Waals surface area (Å²) in [5.74, 6) is 1.07. The molecular formula is C14H14N2O2. The minimum absolute atomic E-state index is 0.191. The van der Waals surface area contributed by atoms with E-state index in [0.29, 0.717) is 18.1 Å². The predicted octanol–water partition coefficient (Wildman–Crippen LogP) is 2.96. The average Bonchev–Trinajstić information content (AvgIpc) is 2.90. The van der Waals surface area contributed by atoms with Gasteiger partial charge in [0.05, 0.1) is 5.92 Å². The van der Waals surface area contributed by atoms with Gasteiger partial charge in [-0.3, -0.25) is 4.79 Å². The van der Waals surface area contributed by atoms with Gasteiger partial charge in [0.1, 0.15) is 5.78 Å². The van der Waals surface area contributed by atoms with Crippen molar-refractivity contribution in [3.05, 3.63) is 36.2 Å². The van der Waals surface area contributed by atoms with E-state index in [1.165, 1.54) is 0 Å². The number of Topliss-reactive ketones (excluding diaryl/α,β-unsaturated/α-hetero) is 1. The molecule has 2 aromatic rings. The Labute approximate surface area is 105 Å². The maximum Gasteiger partial charge on any atom is 0.237 e. The Hall–Kier alpha value is -1.97. The number of ketones is 1. The third-order valence-corrected chi connectivity index (χ3v) is 3.33. The molecule has 1 unspecified atom stereocenters. The van der Waals surface area contributed by atoms with Crippen molar-refractivity contribution in [1.82, 2.24) is 10.1 Å². The third kappa shape index (κ3) is 2.06. The Bertz CT molecular complexity index is 548. The molecule has 0 aliphatic heterocycles. The molecule has 1 aromatic heterocycles. The zero-order valence-corrected chi connectivity index (χ0v) is 10.0. The average molecular weight is 242 g/mol. The molecule has 92 valence electrons. The summed E-state index contributed by atoms with van der Waals surface area (Å²) in [5, 5.41) is 3.96. The molecule has 1 fully saturated rings. The molecule has 0 amide bonds. The van der Waals surface area contributed by atoms with Crippen molar-refractivity contribution in [1.29, 1.82) is 0 Å². The van der Waals surface area contributed by atoms with E-state index in [0.717, 1.165) is 24.8 Å². The molecule has 0 saturated heterocycles. The van der Waals surface area contributed by atoms with Gasteiger partial charge in [-0.1, -0.05) is 41.9 Å². The molecule has 0 spiro atoms. The van der Waals surface area contributed by atoms with Crippen molar-refractivity contribution in [3.8, 4) is 11.4 Å². The maximum atomic E-state index is 11.8. The lowest BCUT2D eigenvalue weighted by Crippen LogP contribution is -2.17. The van der Waals surface area contributed by atoms with E-state index >= 15 is 0 Å². The molecule has 3 rings (SSSR count). The van der Waals surface area contributed by atoms with Gasteiger partial charge in [0.2, 0.25) is 11.7 Å². The Morgan fingerprint density at radius 2 is 2.00 bits per heavy atom. The first-order valence-corrected chi connectivity index (χ1v) is 6.26. The first-order chi connectivity index (χ1) is 8.84. The van der Waals surface area contributed by atoms with Crippen molar-refractivity contribution in [3.63, 3.8) is 0 Å². The molecule has 18 heavy (non-hydrogen) atoms. The van der Waals surface area contributed by atoms with Crippen LogP contribution in [0.4, 0.5) is 0 Å². The summed E-state index contributed by atoms with van der Waals surface area (Å²) in [4.78, 5) is 16.2. The molecule has 1 aromatic carbocycles. The van der Waals surface area contributed by atoms with Gasteiger partial charge in [-0.05, 0) is 12.8 Å². The van der Waals surface area contributed by atoms with Gasteiger partial charge in [-0.2, -0.15) is 4.98 Å². The van der Waals surface area contributed by atoms with Crippen LogP contribution in [-0.2, 0) is 4.79 Å². The second kappa shape index (κ2) is 4.72. The summed E-state index contributed by atoms with van der Waals surface area (Å²) in [6.07, 6.45) is 3.50. The fourth-order valence-electron chi connectivity index (χ4n) is 2.33. The summed E-state index contributed by atoms with van der Waals surface area (Å²) in [6, 6.07) is 9.65. The Morgan fingerprint density at radius 1 is 1.17 bits per heavy atom. The number of benzene rings is 1. The van der Waals surface area contributed by atoms with Gasteiger partial charge in [0.25, 0.3) is 0 Å². The molecule has 0 radical (unpaired) electrons. The molecule has 4 heteroatoms. The van der Waals surface area contributed by atoms with Crippen LogP contribution in [0.15, 0.2) is 34.9 Å². The largest absolute Gasteiger partial charge is 0.338 e. The van der Waals surface area contributed by atoms with Crippen LogP contribution in [-0.4, -0.2) is 15.9 Å².